The number of nitrogens with one attached hydrogen (secondary N) is 1. The van der Waals surface area contributed by atoms with Gasteiger partial charge in [-0.15, -0.1) is 0 Å². The molecule has 3 heterocycles. The molecule has 2 aromatic carbocycles. The molecule has 1 N–H and O–H groups in total. The summed E-state index contributed by atoms with van der Waals surface area (Å²) in [4.78, 5) is 55.8. The lowest BCUT2D eigenvalue weighted by molar-refractivity contribution is -0.384. The second-order valence-corrected chi connectivity index (χ2v) is 9.27. The van der Waals surface area contributed by atoms with Gasteiger partial charge in [-0.1, -0.05) is 13.0 Å². The Morgan fingerprint density at radius 1 is 1.14 bits per heavy atom. The summed E-state index contributed by atoms with van der Waals surface area (Å²) in [6, 6.07) is 6.07. The molecular weight excluding hydrogens is 495 g/mol. The van der Waals surface area contributed by atoms with Gasteiger partial charge in [0.15, 0.2) is 5.41 Å². The summed E-state index contributed by atoms with van der Waals surface area (Å²) >= 11 is 0. The third kappa shape index (κ3) is 3.80. The minimum Gasteiger partial charge on any atom is -0.364 e. The lowest BCUT2D eigenvalue weighted by atomic mass is 9.67. The number of likely N-dealkylation sites (N-methyl/N-ethyl adjacent to an activating group) is 1. The van der Waals surface area contributed by atoms with Crippen LogP contribution in [-0.4, -0.2) is 59.9 Å². The van der Waals surface area contributed by atoms with E-state index in [0.717, 1.165) is 12.1 Å². The smallest absolute Gasteiger partial charge is 0.364 e. The zero-order valence-electron chi connectivity index (χ0n) is 19.6. The quantitative estimate of drug-likeness (QED) is 0.378. The fourth-order valence-corrected chi connectivity index (χ4v) is 5.52. The zero-order valence-corrected chi connectivity index (χ0v) is 19.6. The molecule has 0 saturated carbocycles. The SMILES string of the molecule is CCN1CCN2c3ccc([N+](=O)[O-])cc3C[C@]3(C(=O)NC(=O)N(c4cccc(C(F)(F)F)c4)C3=O)[C@H]2C1. The van der Waals surface area contributed by atoms with Gasteiger partial charge in [-0.3, -0.25) is 29.9 Å². The van der Waals surface area contributed by atoms with Crippen molar-refractivity contribution in [2.45, 2.75) is 25.6 Å². The van der Waals surface area contributed by atoms with Gasteiger partial charge in [0.2, 0.25) is 5.91 Å². The Kier molecular flexibility index (Phi) is 5.70. The molecule has 2 aromatic rings. The van der Waals surface area contributed by atoms with E-state index in [1.165, 1.54) is 18.2 Å². The van der Waals surface area contributed by atoms with E-state index in [1.54, 1.807) is 6.07 Å². The van der Waals surface area contributed by atoms with Gasteiger partial charge in [0.1, 0.15) is 0 Å². The number of anilines is 2. The van der Waals surface area contributed by atoms with Gasteiger partial charge < -0.3 is 4.90 Å². The molecule has 4 amide bonds. The predicted octanol–water partition coefficient (Wildman–Crippen LogP) is 2.95. The molecule has 0 radical (unpaired) electrons. The van der Waals surface area contributed by atoms with Crippen molar-refractivity contribution in [3.05, 3.63) is 63.7 Å². The van der Waals surface area contributed by atoms with E-state index in [9.17, 15) is 37.7 Å². The Morgan fingerprint density at radius 3 is 2.57 bits per heavy atom. The fourth-order valence-electron chi connectivity index (χ4n) is 5.52. The summed E-state index contributed by atoms with van der Waals surface area (Å²) < 4.78 is 40.2. The van der Waals surface area contributed by atoms with E-state index in [4.69, 9.17) is 0 Å². The van der Waals surface area contributed by atoms with Crippen LogP contribution < -0.4 is 15.1 Å². The number of amides is 4. The second-order valence-electron chi connectivity index (χ2n) is 9.27. The second kappa shape index (κ2) is 8.54. The minimum absolute atomic E-state index is 0.228. The van der Waals surface area contributed by atoms with Crippen molar-refractivity contribution in [1.29, 1.82) is 0 Å². The topological polar surface area (TPSA) is 116 Å². The molecule has 1 spiro atoms. The number of benzene rings is 2. The lowest BCUT2D eigenvalue weighted by Crippen LogP contribution is -2.75. The number of urea groups is 1. The van der Waals surface area contributed by atoms with E-state index in [2.05, 4.69) is 5.32 Å². The van der Waals surface area contributed by atoms with Gasteiger partial charge in [-0.2, -0.15) is 13.2 Å². The van der Waals surface area contributed by atoms with Crippen LogP contribution in [0.15, 0.2) is 42.5 Å². The number of non-ortho nitro benzene ring substituents is 1. The van der Waals surface area contributed by atoms with Crippen LogP contribution in [0.5, 0.6) is 0 Å². The van der Waals surface area contributed by atoms with Crippen LogP contribution in [-0.2, 0) is 22.2 Å². The molecule has 194 valence electrons. The first-order valence-corrected chi connectivity index (χ1v) is 11.6. The third-order valence-electron chi connectivity index (χ3n) is 7.38. The number of alkyl halides is 3. The molecule has 37 heavy (non-hydrogen) atoms. The molecule has 0 unspecified atom stereocenters. The number of hydrogen-bond donors (Lipinski definition) is 1. The van der Waals surface area contributed by atoms with Crippen molar-refractivity contribution in [2.75, 3.05) is 36.0 Å². The summed E-state index contributed by atoms with van der Waals surface area (Å²) in [6.07, 6.45) is -4.97. The lowest BCUT2D eigenvalue weighted by Gasteiger charge is -2.55. The maximum atomic E-state index is 14.1. The first-order chi connectivity index (χ1) is 17.5. The molecule has 5 rings (SSSR count). The highest BCUT2D eigenvalue weighted by Gasteiger charge is 2.63. The first-order valence-electron chi connectivity index (χ1n) is 11.6. The molecule has 3 aliphatic rings. The van der Waals surface area contributed by atoms with Gasteiger partial charge in [-0.25, -0.2) is 9.69 Å². The number of barbiturate groups is 1. The number of nitrogens with zero attached hydrogens (tertiary/aromatic N) is 4. The summed E-state index contributed by atoms with van der Waals surface area (Å²) in [5.74, 6) is -1.85. The van der Waals surface area contributed by atoms with Crippen molar-refractivity contribution >= 4 is 34.9 Å². The Bertz CT molecular complexity index is 1330. The number of hydrogen-bond acceptors (Lipinski definition) is 7. The Hall–Kier alpha value is -4.00. The zero-order chi connectivity index (χ0) is 26.7. The normalized spacial score (nSPS) is 24.1. The molecule has 0 aromatic heterocycles. The van der Waals surface area contributed by atoms with E-state index < -0.39 is 46.0 Å². The molecule has 13 heteroatoms. The number of carbonyl (C=O) groups is 3. The van der Waals surface area contributed by atoms with Crippen LogP contribution in [0, 0.1) is 15.5 Å². The number of fused-ring (bicyclic) bond motifs is 4. The monoisotopic (exact) mass is 517 g/mol. The number of halogens is 3. The molecule has 2 saturated heterocycles. The standard InChI is InChI=1S/C24H22F3N5O5/c1-2-29-8-9-30-18-7-6-17(32(36)37)10-14(18)12-23(19(30)13-29)20(33)28-22(35)31(21(23)34)16-5-3-4-15(11-16)24(25,26)27/h3-7,10-11,19H,2,8-9,12-13H2,1H3,(H,28,33,35)/t19-,23-/m1/s1. The van der Waals surface area contributed by atoms with E-state index in [1.807, 2.05) is 16.7 Å². The van der Waals surface area contributed by atoms with Crippen LogP contribution in [0.3, 0.4) is 0 Å². The van der Waals surface area contributed by atoms with Gasteiger partial charge >= 0.3 is 12.2 Å². The number of carbonyl (C=O) groups excluding carboxylic acids is 3. The fraction of sp³-hybridized carbons (Fsp3) is 0.375. The molecular formula is C24H22F3N5O5. The predicted molar refractivity (Wildman–Crippen MR) is 125 cm³/mol. The highest BCUT2D eigenvalue weighted by Crippen LogP contribution is 2.47. The molecule has 10 nitrogen and oxygen atoms in total. The summed E-state index contributed by atoms with van der Waals surface area (Å²) in [7, 11) is 0. The van der Waals surface area contributed by atoms with Crippen molar-refractivity contribution in [3.63, 3.8) is 0 Å². The molecule has 2 atom stereocenters. The number of imide groups is 2. The third-order valence-corrected chi connectivity index (χ3v) is 7.38. The highest BCUT2D eigenvalue weighted by molar-refractivity contribution is 6.30. The van der Waals surface area contributed by atoms with Gasteiger partial charge in [0.25, 0.3) is 11.6 Å². The number of nitro benzene ring substituents is 1. The van der Waals surface area contributed by atoms with Crippen molar-refractivity contribution < 1.29 is 32.5 Å². The van der Waals surface area contributed by atoms with E-state index >= 15 is 0 Å². The molecule has 0 bridgehead atoms. The summed E-state index contributed by atoms with van der Waals surface area (Å²) in [5, 5.41) is 13.6. The first kappa shape index (κ1) is 24.7. The Labute approximate surface area is 208 Å². The minimum atomic E-state index is -4.72. The van der Waals surface area contributed by atoms with Crippen LogP contribution in [0.4, 0.5) is 35.0 Å². The number of nitro groups is 1. The average molecular weight is 517 g/mol. The van der Waals surface area contributed by atoms with Gasteiger partial charge in [0, 0.05) is 43.9 Å². The van der Waals surface area contributed by atoms with Crippen LogP contribution in [0.25, 0.3) is 0 Å². The van der Waals surface area contributed by atoms with E-state index in [-0.39, 0.29) is 24.3 Å². The van der Waals surface area contributed by atoms with Crippen molar-refractivity contribution in [2.24, 2.45) is 5.41 Å². The van der Waals surface area contributed by atoms with Crippen molar-refractivity contribution in [3.8, 4) is 0 Å². The molecule has 0 aliphatic carbocycles. The van der Waals surface area contributed by atoms with Crippen LogP contribution in [0.1, 0.15) is 18.1 Å². The molecule has 2 fully saturated rings. The average Bonchev–Trinajstić information content (AvgIpc) is 2.86. The van der Waals surface area contributed by atoms with Gasteiger partial charge in [-0.05, 0) is 36.4 Å². The highest BCUT2D eigenvalue weighted by atomic mass is 19.4. The molecule has 3 aliphatic heterocycles. The largest absolute Gasteiger partial charge is 0.416 e. The maximum Gasteiger partial charge on any atom is 0.416 e. The Morgan fingerprint density at radius 2 is 1.89 bits per heavy atom. The summed E-state index contributed by atoms with van der Waals surface area (Å²) in [5.41, 5.74) is -2.51. The number of piperazine rings is 1. The number of rotatable bonds is 3. The van der Waals surface area contributed by atoms with E-state index in [0.29, 0.717) is 41.9 Å². The van der Waals surface area contributed by atoms with Gasteiger partial charge in [0.05, 0.1) is 22.2 Å². The van der Waals surface area contributed by atoms with Crippen LogP contribution >= 0.6 is 0 Å². The summed E-state index contributed by atoms with van der Waals surface area (Å²) in [6.45, 7) is 3.83. The van der Waals surface area contributed by atoms with Crippen molar-refractivity contribution in [1.82, 2.24) is 10.2 Å². The maximum absolute atomic E-state index is 14.1. The Balaban J connectivity index is 1.67. The van der Waals surface area contributed by atoms with Crippen LogP contribution in [0.2, 0.25) is 0 Å².